The third-order valence-electron chi connectivity index (χ3n) is 5.37. The molecule has 0 unspecified atom stereocenters. The molecule has 0 radical (unpaired) electrons. The Morgan fingerprint density at radius 3 is 2.26 bits per heavy atom. The van der Waals surface area contributed by atoms with Crippen LogP contribution < -0.4 is 0 Å². The van der Waals surface area contributed by atoms with Crippen molar-refractivity contribution in [2.24, 2.45) is 0 Å². The summed E-state index contributed by atoms with van der Waals surface area (Å²) in [7, 11) is 0. The largest absolute Gasteiger partial charge is 0.354 e. The van der Waals surface area contributed by atoms with Gasteiger partial charge in [0.05, 0.1) is 11.0 Å². The van der Waals surface area contributed by atoms with Gasteiger partial charge in [0.1, 0.15) is 0 Å². The van der Waals surface area contributed by atoms with E-state index in [1.165, 1.54) is 49.3 Å². The van der Waals surface area contributed by atoms with E-state index in [1.807, 2.05) is 0 Å². The number of aromatic amines is 1. The third kappa shape index (κ3) is 2.12. The molecule has 0 atom stereocenters. The molecule has 2 aromatic heterocycles. The van der Waals surface area contributed by atoms with E-state index in [-0.39, 0.29) is 0 Å². The molecular formula is C24H15BrN2. The Kier molecular flexibility index (Phi) is 3.06. The standard InChI is InChI=1S/C24H15BrN2/c25-15-10-11-23-19(12-15)20-13-18-17-8-4-5-9-21(17)26-22(18)14-24(20)27(23)16-6-2-1-3-7-16/h1-14,26H. The van der Waals surface area contributed by atoms with Crippen LogP contribution in [0.25, 0.3) is 49.3 Å². The molecule has 0 bridgehead atoms. The van der Waals surface area contributed by atoms with Crippen LogP contribution in [0.3, 0.4) is 0 Å². The fourth-order valence-corrected chi connectivity index (χ4v) is 4.55. The minimum Gasteiger partial charge on any atom is -0.354 e. The number of nitrogens with zero attached hydrogens (tertiary/aromatic N) is 1. The van der Waals surface area contributed by atoms with Crippen molar-refractivity contribution in [2.45, 2.75) is 0 Å². The van der Waals surface area contributed by atoms with Crippen LogP contribution in [0.15, 0.2) is 89.4 Å². The number of H-pyrrole nitrogens is 1. The second kappa shape index (κ2) is 5.48. The maximum atomic E-state index is 3.65. The molecule has 128 valence electrons. The van der Waals surface area contributed by atoms with Crippen molar-refractivity contribution < 1.29 is 0 Å². The summed E-state index contributed by atoms with van der Waals surface area (Å²) in [6.45, 7) is 0. The van der Waals surface area contributed by atoms with Gasteiger partial charge in [-0.05, 0) is 48.5 Å². The molecule has 6 rings (SSSR count). The van der Waals surface area contributed by atoms with Gasteiger partial charge in [-0.1, -0.05) is 52.3 Å². The topological polar surface area (TPSA) is 20.7 Å². The molecule has 2 nitrogen and oxygen atoms in total. The minimum absolute atomic E-state index is 1.10. The van der Waals surface area contributed by atoms with E-state index in [0.29, 0.717) is 0 Å². The summed E-state index contributed by atoms with van der Waals surface area (Å²) in [5, 5.41) is 5.07. The highest BCUT2D eigenvalue weighted by Gasteiger charge is 2.15. The number of rotatable bonds is 1. The zero-order valence-electron chi connectivity index (χ0n) is 14.4. The fourth-order valence-electron chi connectivity index (χ4n) is 4.19. The van der Waals surface area contributed by atoms with Gasteiger partial charge < -0.3 is 9.55 Å². The first-order chi connectivity index (χ1) is 13.3. The lowest BCUT2D eigenvalue weighted by molar-refractivity contribution is 1.18. The van der Waals surface area contributed by atoms with E-state index >= 15 is 0 Å². The third-order valence-corrected chi connectivity index (χ3v) is 5.86. The van der Waals surface area contributed by atoms with Crippen LogP contribution >= 0.6 is 15.9 Å². The molecule has 2 heterocycles. The van der Waals surface area contributed by atoms with Gasteiger partial charge in [0.25, 0.3) is 0 Å². The Hall–Kier alpha value is -3.04. The van der Waals surface area contributed by atoms with Gasteiger partial charge >= 0.3 is 0 Å². The molecule has 0 amide bonds. The Labute approximate surface area is 164 Å². The molecular weight excluding hydrogens is 396 g/mol. The van der Waals surface area contributed by atoms with Crippen molar-refractivity contribution in [2.75, 3.05) is 0 Å². The highest BCUT2D eigenvalue weighted by atomic mass is 79.9. The number of benzene rings is 4. The average molecular weight is 411 g/mol. The molecule has 0 aliphatic heterocycles. The van der Waals surface area contributed by atoms with Gasteiger partial charge in [0, 0.05) is 42.7 Å². The monoisotopic (exact) mass is 410 g/mol. The average Bonchev–Trinajstić information content (AvgIpc) is 3.21. The predicted molar refractivity (Wildman–Crippen MR) is 118 cm³/mol. The van der Waals surface area contributed by atoms with Crippen molar-refractivity contribution in [3.05, 3.63) is 89.4 Å². The molecule has 1 N–H and O–H groups in total. The first-order valence-electron chi connectivity index (χ1n) is 8.99. The molecule has 4 aromatic carbocycles. The maximum Gasteiger partial charge on any atom is 0.0562 e. The number of fused-ring (bicyclic) bond motifs is 6. The number of aromatic nitrogens is 2. The van der Waals surface area contributed by atoms with E-state index in [9.17, 15) is 0 Å². The molecule has 0 saturated carbocycles. The van der Waals surface area contributed by atoms with Crippen LogP contribution in [0.2, 0.25) is 0 Å². The van der Waals surface area contributed by atoms with Crippen LogP contribution in [0.1, 0.15) is 0 Å². The second-order valence-electron chi connectivity index (χ2n) is 6.92. The molecule has 0 fully saturated rings. The molecule has 6 aromatic rings. The molecule has 0 spiro atoms. The number of hydrogen-bond donors (Lipinski definition) is 1. The SMILES string of the molecule is Brc1ccc2c(c1)c1cc3c(cc1n2-c1ccccc1)[nH]c1ccccc13. The van der Waals surface area contributed by atoms with Gasteiger partial charge in [0.15, 0.2) is 0 Å². The summed E-state index contributed by atoms with van der Waals surface area (Å²) in [6, 6.07) is 30.2. The molecule has 27 heavy (non-hydrogen) atoms. The normalized spacial score (nSPS) is 11.9. The van der Waals surface area contributed by atoms with E-state index in [1.54, 1.807) is 0 Å². The van der Waals surface area contributed by atoms with Gasteiger partial charge in [-0.25, -0.2) is 0 Å². The number of halogens is 1. The van der Waals surface area contributed by atoms with Crippen LogP contribution in [0.4, 0.5) is 0 Å². The van der Waals surface area contributed by atoms with E-state index in [4.69, 9.17) is 0 Å². The van der Waals surface area contributed by atoms with Crippen molar-refractivity contribution in [3.63, 3.8) is 0 Å². The van der Waals surface area contributed by atoms with Crippen LogP contribution in [0, 0.1) is 0 Å². The molecule has 0 aliphatic rings. The summed E-state index contributed by atoms with van der Waals surface area (Å²) in [4.78, 5) is 3.58. The van der Waals surface area contributed by atoms with Gasteiger partial charge in [-0.2, -0.15) is 0 Å². The van der Waals surface area contributed by atoms with E-state index < -0.39 is 0 Å². The second-order valence-corrected chi connectivity index (χ2v) is 7.83. The van der Waals surface area contributed by atoms with Gasteiger partial charge in [0.2, 0.25) is 0 Å². The van der Waals surface area contributed by atoms with Crippen LogP contribution in [-0.4, -0.2) is 9.55 Å². The lowest BCUT2D eigenvalue weighted by Gasteiger charge is -2.07. The summed E-state index contributed by atoms with van der Waals surface area (Å²) in [5.41, 5.74) is 5.96. The zero-order valence-corrected chi connectivity index (χ0v) is 16.0. The Morgan fingerprint density at radius 1 is 0.593 bits per heavy atom. The van der Waals surface area contributed by atoms with E-state index in [2.05, 4.69) is 110 Å². The quantitative estimate of drug-likeness (QED) is 0.296. The Balaban J connectivity index is 1.85. The predicted octanol–water partition coefficient (Wildman–Crippen LogP) is 7.18. The first-order valence-corrected chi connectivity index (χ1v) is 9.78. The Morgan fingerprint density at radius 2 is 1.37 bits per heavy atom. The van der Waals surface area contributed by atoms with Crippen LogP contribution in [-0.2, 0) is 0 Å². The first kappa shape index (κ1) is 15.1. The number of para-hydroxylation sites is 2. The summed E-state index contributed by atoms with van der Waals surface area (Å²) < 4.78 is 3.45. The summed E-state index contributed by atoms with van der Waals surface area (Å²) in [5.74, 6) is 0. The summed E-state index contributed by atoms with van der Waals surface area (Å²) in [6.07, 6.45) is 0. The van der Waals surface area contributed by atoms with E-state index in [0.717, 1.165) is 4.47 Å². The zero-order chi connectivity index (χ0) is 18.0. The number of hydrogen-bond acceptors (Lipinski definition) is 0. The van der Waals surface area contributed by atoms with Crippen molar-refractivity contribution in [1.29, 1.82) is 0 Å². The lowest BCUT2D eigenvalue weighted by Crippen LogP contribution is -1.92. The maximum absolute atomic E-state index is 3.65. The highest BCUT2D eigenvalue weighted by Crippen LogP contribution is 2.37. The molecule has 0 aliphatic carbocycles. The highest BCUT2D eigenvalue weighted by molar-refractivity contribution is 9.10. The van der Waals surface area contributed by atoms with Gasteiger partial charge in [-0.15, -0.1) is 0 Å². The number of nitrogens with one attached hydrogen (secondary N) is 1. The summed E-state index contributed by atoms with van der Waals surface area (Å²) >= 11 is 3.65. The lowest BCUT2D eigenvalue weighted by atomic mass is 10.1. The Bertz CT molecular complexity index is 1470. The van der Waals surface area contributed by atoms with Gasteiger partial charge in [-0.3, -0.25) is 0 Å². The van der Waals surface area contributed by atoms with Crippen molar-refractivity contribution in [3.8, 4) is 5.69 Å². The smallest absolute Gasteiger partial charge is 0.0562 e. The minimum atomic E-state index is 1.10. The molecule has 0 saturated heterocycles. The molecule has 3 heteroatoms. The fraction of sp³-hybridized carbons (Fsp3) is 0. The van der Waals surface area contributed by atoms with Crippen molar-refractivity contribution >= 4 is 59.5 Å². The van der Waals surface area contributed by atoms with Crippen LogP contribution in [0.5, 0.6) is 0 Å². The van der Waals surface area contributed by atoms with Crippen molar-refractivity contribution in [1.82, 2.24) is 9.55 Å².